The van der Waals surface area contributed by atoms with Gasteiger partial charge in [-0.2, -0.15) is 0 Å². The SMILES string of the molecule is CN1CCC(c2cccc3c2OC(C)(c2ccc(Cl)cn2)O3)C1. The van der Waals surface area contributed by atoms with E-state index in [-0.39, 0.29) is 0 Å². The molecule has 0 N–H and O–H groups in total. The molecule has 2 aliphatic heterocycles. The van der Waals surface area contributed by atoms with Crippen molar-refractivity contribution in [3.05, 3.63) is 52.8 Å². The number of hydrogen-bond donors (Lipinski definition) is 0. The van der Waals surface area contributed by atoms with Crippen LogP contribution in [-0.2, 0) is 5.79 Å². The molecule has 0 aliphatic carbocycles. The van der Waals surface area contributed by atoms with Crippen LogP contribution in [0.25, 0.3) is 0 Å². The number of likely N-dealkylation sites (N-methyl/N-ethyl adjacent to an activating group) is 1. The van der Waals surface area contributed by atoms with Crippen molar-refractivity contribution in [2.45, 2.75) is 25.0 Å². The maximum atomic E-state index is 6.25. The highest BCUT2D eigenvalue weighted by molar-refractivity contribution is 6.30. The number of benzene rings is 1. The van der Waals surface area contributed by atoms with E-state index in [4.69, 9.17) is 21.1 Å². The number of halogens is 1. The Bertz CT molecular complexity index is 734. The highest BCUT2D eigenvalue weighted by atomic mass is 35.5. The van der Waals surface area contributed by atoms with Gasteiger partial charge in [0, 0.05) is 31.1 Å². The predicted molar refractivity (Wildman–Crippen MR) is 89.2 cm³/mol. The second-order valence-electron chi connectivity index (χ2n) is 6.43. The third kappa shape index (κ3) is 2.56. The minimum atomic E-state index is -0.909. The summed E-state index contributed by atoms with van der Waals surface area (Å²) in [4.78, 5) is 6.71. The summed E-state index contributed by atoms with van der Waals surface area (Å²) in [7, 11) is 2.16. The van der Waals surface area contributed by atoms with Crippen LogP contribution in [0.1, 0.15) is 30.5 Å². The number of ether oxygens (including phenoxy) is 2. The zero-order valence-electron chi connectivity index (χ0n) is 13.3. The fourth-order valence-electron chi connectivity index (χ4n) is 3.41. The number of para-hydroxylation sites is 1. The molecule has 1 fully saturated rings. The number of likely N-dealkylation sites (tertiary alicyclic amines) is 1. The molecular weight excluding hydrogens is 312 g/mol. The number of aromatic nitrogens is 1. The molecule has 0 saturated carbocycles. The summed E-state index contributed by atoms with van der Waals surface area (Å²) in [5.74, 6) is 1.22. The standard InChI is InChI=1S/C18H19ClN2O2/c1-18(16-7-6-13(19)10-20-16)22-15-5-3-4-14(17(15)23-18)12-8-9-21(2)11-12/h3-7,10,12H,8-9,11H2,1-2H3. The Morgan fingerprint density at radius 2 is 2.13 bits per heavy atom. The first kappa shape index (κ1) is 14.8. The summed E-state index contributed by atoms with van der Waals surface area (Å²) in [6, 6.07) is 9.79. The first-order valence-electron chi connectivity index (χ1n) is 7.87. The second kappa shape index (κ2) is 5.39. The van der Waals surface area contributed by atoms with E-state index in [1.54, 1.807) is 12.3 Å². The van der Waals surface area contributed by atoms with Crippen molar-refractivity contribution in [2.75, 3.05) is 20.1 Å². The Kier molecular flexibility index (Phi) is 3.47. The minimum Gasteiger partial charge on any atom is -0.443 e. The zero-order valence-corrected chi connectivity index (χ0v) is 14.0. The van der Waals surface area contributed by atoms with Gasteiger partial charge in [-0.3, -0.25) is 4.98 Å². The summed E-state index contributed by atoms with van der Waals surface area (Å²) >= 11 is 5.93. The van der Waals surface area contributed by atoms with E-state index in [2.05, 4.69) is 23.0 Å². The van der Waals surface area contributed by atoms with Crippen molar-refractivity contribution in [3.63, 3.8) is 0 Å². The maximum Gasteiger partial charge on any atom is 0.292 e. The Balaban J connectivity index is 1.68. The molecule has 4 rings (SSSR count). The van der Waals surface area contributed by atoms with E-state index >= 15 is 0 Å². The van der Waals surface area contributed by atoms with Crippen LogP contribution in [0.15, 0.2) is 36.5 Å². The van der Waals surface area contributed by atoms with Crippen LogP contribution in [0.2, 0.25) is 5.02 Å². The average molecular weight is 331 g/mol. The van der Waals surface area contributed by atoms with Crippen molar-refractivity contribution >= 4 is 11.6 Å². The first-order chi connectivity index (χ1) is 11.0. The summed E-state index contributed by atoms with van der Waals surface area (Å²) in [5, 5.41) is 0.600. The quantitative estimate of drug-likeness (QED) is 0.839. The lowest BCUT2D eigenvalue weighted by Crippen LogP contribution is -2.32. The first-order valence-corrected chi connectivity index (χ1v) is 8.24. The molecule has 0 amide bonds. The zero-order chi connectivity index (χ0) is 16.0. The van der Waals surface area contributed by atoms with E-state index in [0.29, 0.717) is 16.6 Å². The molecule has 120 valence electrons. The maximum absolute atomic E-state index is 6.25. The highest BCUT2D eigenvalue weighted by Gasteiger charge is 2.42. The normalized spacial score (nSPS) is 26.7. The molecule has 0 radical (unpaired) electrons. The fraction of sp³-hybridized carbons (Fsp3) is 0.389. The summed E-state index contributed by atoms with van der Waals surface area (Å²) in [5.41, 5.74) is 1.94. The molecule has 4 nitrogen and oxygen atoms in total. The van der Waals surface area contributed by atoms with Gasteiger partial charge in [-0.25, -0.2) is 0 Å². The molecule has 2 atom stereocenters. The van der Waals surface area contributed by atoms with Gasteiger partial charge in [-0.05, 0) is 38.2 Å². The molecule has 2 unspecified atom stereocenters. The number of nitrogens with zero attached hydrogens (tertiary/aromatic N) is 2. The van der Waals surface area contributed by atoms with Crippen LogP contribution in [0, 0.1) is 0 Å². The van der Waals surface area contributed by atoms with E-state index in [9.17, 15) is 0 Å². The summed E-state index contributed by atoms with van der Waals surface area (Å²) in [6.45, 7) is 4.06. The Morgan fingerprint density at radius 1 is 1.26 bits per heavy atom. The molecule has 23 heavy (non-hydrogen) atoms. The van der Waals surface area contributed by atoms with Crippen LogP contribution < -0.4 is 9.47 Å². The molecule has 5 heteroatoms. The van der Waals surface area contributed by atoms with E-state index < -0.39 is 5.79 Å². The molecule has 2 aliphatic rings. The van der Waals surface area contributed by atoms with E-state index in [1.165, 1.54) is 5.56 Å². The summed E-state index contributed by atoms with van der Waals surface area (Å²) < 4.78 is 12.4. The molecule has 1 aromatic carbocycles. The van der Waals surface area contributed by atoms with Crippen LogP contribution in [-0.4, -0.2) is 30.0 Å². The topological polar surface area (TPSA) is 34.6 Å². The van der Waals surface area contributed by atoms with E-state index in [0.717, 1.165) is 31.0 Å². The van der Waals surface area contributed by atoms with Gasteiger partial charge in [0.2, 0.25) is 0 Å². The lowest BCUT2D eigenvalue weighted by molar-refractivity contribution is -0.0721. The van der Waals surface area contributed by atoms with Crippen LogP contribution in [0.5, 0.6) is 11.5 Å². The van der Waals surface area contributed by atoms with Gasteiger partial charge in [-0.15, -0.1) is 0 Å². The third-order valence-corrected chi connectivity index (χ3v) is 4.86. The predicted octanol–water partition coefficient (Wildman–Crippen LogP) is 3.80. The second-order valence-corrected chi connectivity index (χ2v) is 6.87. The Labute approximate surface area is 141 Å². The molecule has 0 bridgehead atoms. The lowest BCUT2D eigenvalue weighted by atomic mass is 9.97. The number of rotatable bonds is 2. The summed E-state index contributed by atoms with van der Waals surface area (Å²) in [6.07, 6.45) is 2.76. The van der Waals surface area contributed by atoms with Crippen molar-refractivity contribution in [1.29, 1.82) is 0 Å². The van der Waals surface area contributed by atoms with Crippen molar-refractivity contribution in [2.24, 2.45) is 0 Å². The average Bonchev–Trinajstić information content (AvgIpc) is 3.10. The van der Waals surface area contributed by atoms with Crippen molar-refractivity contribution < 1.29 is 9.47 Å². The van der Waals surface area contributed by atoms with Gasteiger partial charge >= 0.3 is 0 Å². The van der Waals surface area contributed by atoms with Crippen molar-refractivity contribution in [1.82, 2.24) is 9.88 Å². The van der Waals surface area contributed by atoms with E-state index in [1.807, 2.05) is 25.1 Å². The molecule has 1 aromatic heterocycles. The lowest BCUT2D eigenvalue weighted by Gasteiger charge is -2.22. The molecular formula is C18H19ClN2O2. The van der Waals surface area contributed by atoms with Crippen LogP contribution in [0.3, 0.4) is 0 Å². The van der Waals surface area contributed by atoms with Crippen molar-refractivity contribution in [3.8, 4) is 11.5 Å². The molecule has 0 spiro atoms. The van der Waals surface area contributed by atoms with Crippen LogP contribution >= 0.6 is 11.6 Å². The smallest absolute Gasteiger partial charge is 0.292 e. The molecule has 2 aromatic rings. The Hall–Kier alpha value is -1.78. The monoisotopic (exact) mass is 330 g/mol. The largest absolute Gasteiger partial charge is 0.443 e. The van der Waals surface area contributed by atoms with Gasteiger partial charge in [0.1, 0.15) is 5.69 Å². The van der Waals surface area contributed by atoms with Gasteiger partial charge in [0.15, 0.2) is 11.5 Å². The van der Waals surface area contributed by atoms with Gasteiger partial charge in [-0.1, -0.05) is 23.7 Å². The molecule has 1 saturated heterocycles. The minimum absolute atomic E-state index is 0.485. The van der Waals surface area contributed by atoms with Crippen LogP contribution in [0.4, 0.5) is 0 Å². The fourth-order valence-corrected chi connectivity index (χ4v) is 3.52. The van der Waals surface area contributed by atoms with Gasteiger partial charge in [0.25, 0.3) is 5.79 Å². The highest BCUT2D eigenvalue weighted by Crippen LogP contribution is 2.48. The number of pyridine rings is 1. The van der Waals surface area contributed by atoms with Gasteiger partial charge in [0.05, 0.1) is 5.02 Å². The number of hydrogen-bond acceptors (Lipinski definition) is 4. The Morgan fingerprint density at radius 3 is 2.83 bits per heavy atom. The third-order valence-electron chi connectivity index (χ3n) is 4.63. The molecule has 3 heterocycles. The number of fused-ring (bicyclic) bond motifs is 1. The van der Waals surface area contributed by atoms with Gasteiger partial charge < -0.3 is 14.4 Å².